The van der Waals surface area contributed by atoms with Crippen molar-refractivity contribution in [2.45, 2.75) is 6.92 Å². The highest BCUT2D eigenvalue weighted by Gasteiger charge is 2.09. The van der Waals surface area contributed by atoms with Crippen LogP contribution in [0, 0.1) is 6.92 Å². The molecule has 1 aromatic rings. The number of hydrogen-bond donors (Lipinski definition) is 2. The fourth-order valence-corrected chi connectivity index (χ4v) is 2.44. The lowest BCUT2D eigenvalue weighted by Gasteiger charge is -1.97. The van der Waals surface area contributed by atoms with Gasteiger partial charge in [-0.3, -0.25) is 4.79 Å². The topological polar surface area (TPSA) is 55.1 Å². The number of hydrogen-bond acceptors (Lipinski definition) is 3. The molecule has 0 saturated carbocycles. The van der Waals surface area contributed by atoms with Crippen molar-refractivity contribution in [1.29, 1.82) is 0 Å². The molecule has 0 fully saturated rings. The van der Waals surface area contributed by atoms with Crippen LogP contribution < -0.4 is 11.1 Å². The Labute approximate surface area is 101 Å². The van der Waals surface area contributed by atoms with Gasteiger partial charge in [0.15, 0.2) is 0 Å². The number of carbonyl (C=O) groups excluding carboxylic acids is 1. The zero-order chi connectivity index (χ0) is 11.3. The summed E-state index contributed by atoms with van der Waals surface area (Å²) in [5, 5.41) is 2.78. The minimum Gasteiger partial charge on any atom is -0.348 e. The summed E-state index contributed by atoms with van der Waals surface area (Å²) in [6.07, 6.45) is 3.66. The highest BCUT2D eigenvalue weighted by atomic mass is 79.9. The first kappa shape index (κ1) is 12.4. The van der Waals surface area contributed by atoms with Crippen molar-refractivity contribution >= 4 is 33.2 Å². The molecule has 0 atom stereocenters. The van der Waals surface area contributed by atoms with Gasteiger partial charge in [-0.15, -0.1) is 11.3 Å². The molecule has 0 aliphatic heterocycles. The smallest absolute Gasteiger partial charge is 0.261 e. The summed E-state index contributed by atoms with van der Waals surface area (Å²) in [5.74, 6) is -0.0459. The summed E-state index contributed by atoms with van der Waals surface area (Å²) in [4.78, 5) is 12.3. The van der Waals surface area contributed by atoms with Crippen LogP contribution in [0.5, 0.6) is 0 Å². The maximum atomic E-state index is 11.6. The van der Waals surface area contributed by atoms with E-state index in [9.17, 15) is 4.79 Å². The lowest BCUT2D eigenvalue weighted by atomic mass is 10.3. The molecule has 5 heteroatoms. The van der Waals surface area contributed by atoms with Crippen molar-refractivity contribution in [3.8, 4) is 0 Å². The minimum absolute atomic E-state index is 0.0459. The van der Waals surface area contributed by atoms with E-state index in [0.717, 1.165) is 14.2 Å². The lowest BCUT2D eigenvalue weighted by Crippen LogP contribution is -2.22. The highest BCUT2D eigenvalue weighted by molar-refractivity contribution is 9.11. The molecule has 0 radical (unpaired) electrons. The van der Waals surface area contributed by atoms with E-state index in [2.05, 4.69) is 21.2 Å². The Balaban J connectivity index is 2.50. The second-order valence-corrected chi connectivity index (χ2v) is 5.35. The van der Waals surface area contributed by atoms with Gasteiger partial charge in [0.25, 0.3) is 5.91 Å². The SMILES string of the molecule is Cc1cc(C(=O)NC/C=C/CN)sc1Br. The van der Waals surface area contributed by atoms with Crippen LogP contribution >= 0.6 is 27.3 Å². The molecule has 1 aromatic heterocycles. The number of halogens is 1. The van der Waals surface area contributed by atoms with Gasteiger partial charge >= 0.3 is 0 Å². The number of nitrogens with two attached hydrogens (primary N) is 1. The summed E-state index contributed by atoms with van der Waals surface area (Å²) in [6.45, 7) is 2.98. The van der Waals surface area contributed by atoms with Crippen LogP contribution in [0.4, 0.5) is 0 Å². The van der Waals surface area contributed by atoms with Crippen LogP contribution in [0.1, 0.15) is 15.2 Å². The average Bonchev–Trinajstić information content (AvgIpc) is 2.54. The van der Waals surface area contributed by atoms with Gasteiger partial charge in [-0.25, -0.2) is 0 Å². The fraction of sp³-hybridized carbons (Fsp3) is 0.300. The van der Waals surface area contributed by atoms with E-state index in [-0.39, 0.29) is 5.91 Å². The third-order valence-electron chi connectivity index (χ3n) is 1.76. The molecule has 0 unspecified atom stereocenters. The molecule has 0 saturated heterocycles. The van der Waals surface area contributed by atoms with Crippen molar-refractivity contribution in [3.05, 3.63) is 32.4 Å². The second-order valence-electron chi connectivity index (χ2n) is 2.98. The summed E-state index contributed by atoms with van der Waals surface area (Å²) < 4.78 is 1.00. The molecule has 0 aromatic carbocycles. The molecule has 3 N–H and O–H groups in total. The van der Waals surface area contributed by atoms with Crippen LogP contribution in [0.3, 0.4) is 0 Å². The van der Waals surface area contributed by atoms with Crippen LogP contribution in [0.15, 0.2) is 22.0 Å². The second kappa shape index (κ2) is 6.05. The van der Waals surface area contributed by atoms with Crippen molar-refractivity contribution in [1.82, 2.24) is 5.32 Å². The molecule has 0 bridgehead atoms. The van der Waals surface area contributed by atoms with E-state index in [1.165, 1.54) is 11.3 Å². The zero-order valence-electron chi connectivity index (χ0n) is 8.42. The first-order valence-electron chi connectivity index (χ1n) is 4.54. The van der Waals surface area contributed by atoms with Gasteiger partial charge in [-0.1, -0.05) is 12.2 Å². The van der Waals surface area contributed by atoms with E-state index >= 15 is 0 Å². The Morgan fingerprint density at radius 2 is 2.40 bits per heavy atom. The van der Waals surface area contributed by atoms with Gasteiger partial charge in [0.1, 0.15) is 0 Å². The summed E-state index contributed by atoms with van der Waals surface area (Å²) in [7, 11) is 0. The summed E-state index contributed by atoms with van der Waals surface area (Å²) in [5.41, 5.74) is 6.36. The monoisotopic (exact) mass is 288 g/mol. The molecular weight excluding hydrogens is 276 g/mol. The number of nitrogens with one attached hydrogen (secondary N) is 1. The van der Waals surface area contributed by atoms with Gasteiger partial charge in [0, 0.05) is 13.1 Å². The molecule has 1 heterocycles. The van der Waals surface area contributed by atoms with Crippen molar-refractivity contribution < 1.29 is 4.79 Å². The highest BCUT2D eigenvalue weighted by Crippen LogP contribution is 2.26. The predicted molar refractivity (Wildman–Crippen MR) is 67.3 cm³/mol. The normalized spacial score (nSPS) is 10.9. The van der Waals surface area contributed by atoms with Crippen molar-refractivity contribution in [3.63, 3.8) is 0 Å². The molecule has 0 spiro atoms. The van der Waals surface area contributed by atoms with Gasteiger partial charge < -0.3 is 11.1 Å². The van der Waals surface area contributed by atoms with Crippen LogP contribution in [-0.2, 0) is 0 Å². The largest absolute Gasteiger partial charge is 0.348 e. The Hall–Kier alpha value is -0.650. The Morgan fingerprint density at radius 3 is 2.93 bits per heavy atom. The average molecular weight is 289 g/mol. The van der Waals surface area contributed by atoms with E-state index in [1.807, 2.05) is 25.1 Å². The van der Waals surface area contributed by atoms with Gasteiger partial charge in [-0.05, 0) is 34.5 Å². The van der Waals surface area contributed by atoms with E-state index in [4.69, 9.17) is 5.73 Å². The molecule has 1 rings (SSSR count). The standard InChI is InChI=1S/C10H13BrN2OS/c1-7-6-8(15-9(7)11)10(14)13-5-3-2-4-12/h2-3,6H,4-5,12H2,1H3,(H,13,14)/b3-2+. The molecule has 3 nitrogen and oxygen atoms in total. The predicted octanol–water partition coefficient (Wildman–Crippen LogP) is 2.06. The fourth-order valence-electron chi connectivity index (χ4n) is 0.990. The van der Waals surface area contributed by atoms with Crippen LogP contribution in [0.25, 0.3) is 0 Å². The van der Waals surface area contributed by atoms with E-state index in [0.29, 0.717) is 13.1 Å². The molecule has 82 valence electrons. The third kappa shape index (κ3) is 3.77. The number of rotatable bonds is 4. The van der Waals surface area contributed by atoms with Gasteiger partial charge in [-0.2, -0.15) is 0 Å². The Bertz CT molecular complexity index is 354. The molecule has 1 amide bonds. The Kier molecular flexibility index (Phi) is 5.01. The van der Waals surface area contributed by atoms with E-state index < -0.39 is 0 Å². The van der Waals surface area contributed by atoms with E-state index in [1.54, 1.807) is 0 Å². The van der Waals surface area contributed by atoms with Gasteiger partial charge in [0.2, 0.25) is 0 Å². The molecule has 0 aliphatic rings. The van der Waals surface area contributed by atoms with Crippen LogP contribution in [0.2, 0.25) is 0 Å². The zero-order valence-corrected chi connectivity index (χ0v) is 10.8. The maximum Gasteiger partial charge on any atom is 0.261 e. The lowest BCUT2D eigenvalue weighted by molar-refractivity contribution is 0.0962. The molecular formula is C10H13BrN2OS. The first-order valence-corrected chi connectivity index (χ1v) is 6.15. The molecule has 15 heavy (non-hydrogen) atoms. The maximum absolute atomic E-state index is 11.6. The number of aryl methyl sites for hydroxylation is 1. The number of carbonyl (C=O) groups is 1. The summed E-state index contributed by atoms with van der Waals surface area (Å²) >= 11 is 4.83. The summed E-state index contributed by atoms with van der Waals surface area (Å²) in [6, 6.07) is 1.87. The first-order chi connectivity index (χ1) is 7.15. The molecule has 0 aliphatic carbocycles. The van der Waals surface area contributed by atoms with Gasteiger partial charge in [0.05, 0.1) is 8.66 Å². The number of amides is 1. The third-order valence-corrected chi connectivity index (χ3v) is 3.90. The van der Waals surface area contributed by atoms with Crippen LogP contribution in [-0.4, -0.2) is 19.0 Å². The Morgan fingerprint density at radius 1 is 1.67 bits per heavy atom. The minimum atomic E-state index is -0.0459. The van der Waals surface area contributed by atoms with Crippen molar-refractivity contribution in [2.24, 2.45) is 5.73 Å². The quantitative estimate of drug-likeness (QED) is 0.834. The number of thiophene rings is 1. The van der Waals surface area contributed by atoms with Crippen molar-refractivity contribution in [2.75, 3.05) is 13.1 Å².